The van der Waals surface area contributed by atoms with Crippen LogP contribution in [0, 0.1) is 0 Å². The first-order chi connectivity index (χ1) is 7.70. The lowest BCUT2D eigenvalue weighted by atomic mass is 10.1. The summed E-state index contributed by atoms with van der Waals surface area (Å²) in [6, 6.07) is 9.75. The molecule has 1 aliphatic rings. The van der Waals surface area contributed by atoms with Crippen molar-refractivity contribution in [1.29, 1.82) is 0 Å². The molecule has 0 aromatic heterocycles. The first-order valence-electron chi connectivity index (χ1n) is 5.69. The van der Waals surface area contributed by atoms with Crippen LogP contribution < -0.4 is 0 Å². The Morgan fingerprint density at radius 2 is 2.21 bits per heavy atom. The highest BCUT2D eigenvalue weighted by Crippen LogP contribution is 2.14. The summed E-state index contributed by atoms with van der Waals surface area (Å²) in [5.41, 5.74) is 2.34. The van der Waals surface area contributed by atoms with E-state index in [1.54, 1.807) is 0 Å². The summed E-state index contributed by atoms with van der Waals surface area (Å²) in [5, 5.41) is 0. The second-order valence-corrected chi connectivity index (χ2v) is 3.37. The molecule has 0 aliphatic carbocycles. The number of rotatable bonds is 1. The SMILES string of the molecule is [2H]C([2H])=C1C(c2ccccc2)=NCCN1C. The van der Waals surface area contributed by atoms with Crippen LogP contribution >= 0.6 is 0 Å². The molecular formula is C12H14N2. The summed E-state index contributed by atoms with van der Waals surface area (Å²) in [4.78, 5) is 6.35. The van der Waals surface area contributed by atoms with Gasteiger partial charge in [0.05, 0.1) is 20.7 Å². The average molecular weight is 188 g/mol. The lowest BCUT2D eigenvalue weighted by molar-refractivity contribution is 0.439. The zero-order chi connectivity index (χ0) is 11.5. The first kappa shape index (κ1) is 6.82. The van der Waals surface area contributed by atoms with Crippen molar-refractivity contribution >= 4 is 5.71 Å². The largest absolute Gasteiger partial charge is 0.371 e. The van der Waals surface area contributed by atoms with Crippen LogP contribution in [0.3, 0.4) is 0 Å². The van der Waals surface area contributed by atoms with Crippen LogP contribution in [0.4, 0.5) is 0 Å². The lowest BCUT2D eigenvalue weighted by Crippen LogP contribution is -2.30. The fraction of sp³-hybridized carbons (Fsp3) is 0.250. The molecule has 72 valence electrons. The highest BCUT2D eigenvalue weighted by molar-refractivity contribution is 6.12. The predicted octanol–water partition coefficient (Wildman–Crippen LogP) is 1.93. The molecule has 0 fully saturated rings. The van der Waals surface area contributed by atoms with Gasteiger partial charge in [0, 0.05) is 19.2 Å². The number of nitrogens with zero attached hydrogens (tertiary/aromatic N) is 2. The molecule has 0 saturated carbocycles. The summed E-state index contributed by atoms with van der Waals surface area (Å²) in [6.45, 7) is 1.31. The first-order valence-corrected chi connectivity index (χ1v) is 4.69. The molecule has 0 radical (unpaired) electrons. The third-order valence-corrected chi connectivity index (χ3v) is 2.36. The van der Waals surface area contributed by atoms with Gasteiger partial charge in [-0.05, 0) is 0 Å². The van der Waals surface area contributed by atoms with Gasteiger partial charge in [-0.25, -0.2) is 0 Å². The highest BCUT2D eigenvalue weighted by Gasteiger charge is 2.15. The molecule has 1 heterocycles. The molecule has 1 aromatic rings. The molecule has 14 heavy (non-hydrogen) atoms. The molecule has 1 aliphatic heterocycles. The Morgan fingerprint density at radius 3 is 2.93 bits per heavy atom. The van der Waals surface area contributed by atoms with Gasteiger partial charge in [-0.1, -0.05) is 36.9 Å². The molecule has 2 rings (SSSR count). The lowest BCUT2D eigenvalue weighted by Gasteiger charge is -2.26. The van der Waals surface area contributed by atoms with Gasteiger partial charge < -0.3 is 4.90 Å². The fourth-order valence-corrected chi connectivity index (χ4v) is 1.50. The Kier molecular flexibility index (Phi) is 1.78. The van der Waals surface area contributed by atoms with E-state index in [0.717, 1.165) is 24.4 Å². The average Bonchev–Trinajstić information content (AvgIpc) is 2.29. The van der Waals surface area contributed by atoms with Crippen LogP contribution in [-0.2, 0) is 0 Å². The molecule has 2 heteroatoms. The second kappa shape index (κ2) is 3.66. The van der Waals surface area contributed by atoms with E-state index in [0.29, 0.717) is 5.70 Å². The number of allylic oxidation sites excluding steroid dienone is 1. The fourth-order valence-electron chi connectivity index (χ4n) is 1.50. The summed E-state index contributed by atoms with van der Waals surface area (Å²) in [6.07, 6.45) is 0. The summed E-state index contributed by atoms with van der Waals surface area (Å²) in [5.74, 6) is 0. The number of hydrogen-bond acceptors (Lipinski definition) is 2. The van der Waals surface area contributed by atoms with Crippen LogP contribution in [0.25, 0.3) is 0 Å². The van der Waals surface area contributed by atoms with Crippen molar-refractivity contribution in [2.75, 3.05) is 20.1 Å². The van der Waals surface area contributed by atoms with Crippen molar-refractivity contribution in [3.63, 3.8) is 0 Å². The van der Waals surface area contributed by atoms with Crippen molar-refractivity contribution < 1.29 is 2.74 Å². The number of hydrogen-bond donors (Lipinski definition) is 0. The van der Waals surface area contributed by atoms with E-state index in [2.05, 4.69) is 4.99 Å². The van der Waals surface area contributed by atoms with Crippen molar-refractivity contribution in [3.8, 4) is 0 Å². The van der Waals surface area contributed by atoms with Gasteiger partial charge in [-0.2, -0.15) is 0 Å². The minimum absolute atomic E-state index is 0.176. The van der Waals surface area contributed by atoms with Crippen LogP contribution in [0.5, 0.6) is 0 Å². The Balaban J connectivity index is 2.48. The van der Waals surface area contributed by atoms with E-state index >= 15 is 0 Å². The number of aliphatic imine (C=N–C) groups is 1. The van der Waals surface area contributed by atoms with E-state index in [9.17, 15) is 0 Å². The Bertz CT molecular complexity index is 434. The smallest absolute Gasteiger partial charge is 0.0874 e. The van der Waals surface area contributed by atoms with Crippen molar-refractivity contribution in [1.82, 2.24) is 4.90 Å². The van der Waals surface area contributed by atoms with Gasteiger partial charge in [0.1, 0.15) is 0 Å². The zero-order valence-corrected chi connectivity index (χ0v) is 8.20. The quantitative estimate of drug-likeness (QED) is 0.657. The van der Waals surface area contributed by atoms with Gasteiger partial charge >= 0.3 is 0 Å². The molecule has 2 nitrogen and oxygen atoms in total. The van der Waals surface area contributed by atoms with Crippen molar-refractivity contribution in [3.05, 3.63) is 48.1 Å². The second-order valence-electron chi connectivity index (χ2n) is 3.37. The summed E-state index contributed by atoms with van der Waals surface area (Å²) < 4.78 is 15.0. The number of benzene rings is 1. The van der Waals surface area contributed by atoms with E-state index < -0.39 is 0 Å². The van der Waals surface area contributed by atoms with Crippen LogP contribution in [0.1, 0.15) is 8.30 Å². The maximum absolute atomic E-state index is 7.51. The van der Waals surface area contributed by atoms with E-state index in [1.807, 2.05) is 42.3 Å². The van der Waals surface area contributed by atoms with Gasteiger partial charge in [0.15, 0.2) is 0 Å². The van der Waals surface area contributed by atoms with Crippen LogP contribution in [0.15, 0.2) is 47.6 Å². The maximum atomic E-state index is 7.51. The summed E-state index contributed by atoms with van der Waals surface area (Å²) >= 11 is 0. The van der Waals surface area contributed by atoms with Gasteiger partial charge in [0.25, 0.3) is 0 Å². The topological polar surface area (TPSA) is 15.6 Å². The third kappa shape index (κ3) is 1.55. The van der Waals surface area contributed by atoms with Crippen molar-refractivity contribution in [2.24, 2.45) is 4.99 Å². The Labute approximate surface area is 87.4 Å². The molecule has 0 atom stereocenters. The van der Waals surface area contributed by atoms with Crippen molar-refractivity contribution in [2.45, 2.75) is 0 Å². The third-order valence-electron chi connectivity index (χ3n) is 2.36. The molecule has 0 saturated heterocycles. The minimum Gasteiger partial charge on any atom is -0.371 e. The minimum atomic E-state index is -0.176. The Hall–Kier alpha value is -1.57. The number of likely N-dealkylation sites (N-methyl/N-ethyl adjacent to an activating group) is 1. The predicted molar refractivity (Wildman–Crippen MR) is 59.6 cm³/mol. The molecule has 0 spiro atoms. The molecular weight excluding hydrogens is 172 g/mol. The van der Waals surface area contributed by atoms with E-state index in [4.69, 9.17) is 2.74 Å². The van der Waals surface area contributed by atoms with Crippen LogP contribution in [-0.4, -0.2) is 30.7 Å². The van der Waals surface area contributed by atoms with Gasteiger partial charge in [-0.15, -0.1) is 0 Å². The van der Waals surface area contributed by atoms with Gasteiger partial charge in [-0.3, -0.25) is 4.99 Å². The maximum Gasteiger partial charge on any atom is 0.0874 e. The molecule has 0 N–H and O–H groups in total. The molecule has 0 amide bonds. The molecule has 0 unspecified atom stereocenters. The monoisotopic (exact) mass is 188 g/mol. The van der Waals surface area contributed by atoms with E-state index in [1.165, 1.54) is 0 Å². The van der Waals surface area contributed by atoms with Crippen LogP contribution in [0.2, 0.25) is 0 Å². The van der Waals surface area contributed by atoms with Gasteiger partial charge in [0.2, 0.25) is 0 Å². The summed E-state index contributed by atoms with van der Waals surface area (Å²) in [7, 11) is 1.90. The zero-order valence-electron chi connectivity index (χ0n) is 10.2. The molecule has 0 bridgehead atoms. The Morgan fingerprint density at radius 1 is 1.43 bits per heavy atom. The highest BCUT2D eigenvalue weighted by atomic mass is 15.1. The normalized spacial score (nSPS) is 18.5. The van der Waals surface area contributed by atoms with E-state index in [-0.39, 0.29) is 6.53 Å². The molecule has 1 aromatic carbocycles. The standard InChI is InChI=1S/C12H14N2/c1-10-12(13-8-9-14(10)2)11-6-4-3-5-7-11/h3-7H,1,8-9H2,2H3/i1D2.